The van der Waals surface area contributed by atoms with Gasteiger partial charge in [-0.15, -0.1) is 11.3 Å². The van der Waals surface area contributed by atoms with Crippen LogP contribution in [-0.2, 0) is 17.8 Å². The second kappa shape index (κ2) is 8.32. The molecular weight excluding hydrogens is 328 g/mol. The molecule has 8 nitrogen and oxygen atoms in total. The smallest absolute Gasteiger partial charge is 0.407 e. The van der Waals surface area contributed by atoms with Gasteiger partial charge in [-0.3, -0.25) is 4.90 Å². The first-order valence-corrected chi connectivity index (χ1v) is 8.83. The number of amides is 1. The molecule has 1 aromatic rings. The number of piperidine rings is 1. The van der Waals surface area contributed by atoms with Crippen LogP contribution in [0.25, 0.3) is 10.4 Å². The zero-order valence-electron chi connectivity index (χ0n) is 14.4. The molecule has 2 heterocycles. The molecule has 1 aliphatic rings. The van der Waals surface area contributed by atoms with Crippen LogP contribution in [-0.4, -0.2) is 40.7 Å². The third-order valence-corrected chi connectivity index (χ3v) is 4.53. The summed E-state index contributed by atoms with van der Waals surface area (Å²) in [7, 11) is 0. The fraction of sp³-hybridized carbons (Fsp3) is 0.733. The van der Waals surface area contributed by atoms with Crippen molar-refractivity contribution in [2.45, 2.75) is 58.3 Å². The first-order chi connectivity index (χ1) is 11.4. The largest absolute Gasteiger partial charge is 0.444 e. The number of nitrogens with zero attached hydrogens (tertiary/aromatic N) is 5. The van der Waals surface area contributed by atoms with Crippen LogP contribution in [0.5, 0.6) is 0 Å². The van der Waals surface area contributed by atoms with Crippen molar-refractivity contribution in [1.82, 2.24) is 15.2 Å². The minimum absolute atomic E-state index is 0.160. The molecule has 0 bridgehead atoms. The lowest BCUT2D eigenvalue weighted by Gasteiger charge is -2.32. The van der Waals surface area contributed by atoms with Crippen LogP contribution in [0.1, 0.15) is 43.5 Å². The number of aromatic nitrogens is 1. The maximum Gasteiger partial charge on any atom is 0.407 e. The highest BCUT2D eigenvalue weighted by Gasteiger charge is 2.24. The quantitative estimate of drug-likeness (QED) is 0.498. The summed E-state index contributed by atoms with van der Waals surface area (Å²) < 4.78 is 5.29. The summed E-state index contributed by atoms with van der Waals surface area (Å²) in [6.45, 7) is 8.55. The molecule has 9 heteroatoms. The van der Waals surface area contributed by atoms with Gasteiger partial charge < -0.3 is 10.1 Å². The Balaban J connectivity index is 1.73. The second-order valence-electron chi connectivity index (χ2n) is 6.81. The number of ether oxygens (including phenoxy) is 1. The number of likely N-dealkylation sites (tertiary alicyclic amines) is 1. The molecule has 0 radical (unpaired) electrons. The van der Waals surface area contributed by atoms with Gasteiger partial charge in [0.1, 0.15) is 10.6 Å². The molecule has 0 spiro atoms. The summed E-state index contributed by atoms with van der Waals surface area (Å²) in [6.07, 6.45) is 3.22. The van der Waals surface area contributed by atoms with Gasteiger partial charge in [0.2, 0.25) is 0 Å². The van der Waals surface area contributed by atoms with Crippen LogP contribution in [0.2, 0.25) is 0 Å². The van der Waals surface area contributed by atoms with Crippen LogP contribution in [0.4, 0.5) is 4.79 Å². The van der Waals surface area contributed by atoms with E-state index in [0.717, 1.165) is 42.4 Å². The van der Waals surface area contributed by atoms with Crippen molar-refractivity contribution in [1.29, 1.82) is 0 Å². The number of azide groups is 1. The van der Waals surface area contributed by atoms with Crippen LogP contribution in [0.15, 0.2) is 11.3 Å². The van der Waals surface area contributed by atoms with Crippen LogP contribution < -0.4 is 5.32 Å². The third kappa shape index (κ3) is 6.35. The van der Waals surface area contributed by atoms with Crippen LogP contribution >= 0.6 is 11.3 Å². The minimum Gasteiger partial charge on any atom is -0.444 e. The second-order valence-corrected chi connectivity index (χ2v) is 8.01. The van der Waals surface area contributed by atoms with E-state index in [1.165, 1.54) is 0 Å². The van der Waals surface area contributed by atoms with E-state index in [-0.39, 0.29) is 12.1 Å². The van der Waals surface area contributed by atoms with E-state index in [1.54, 1.807) is 17.5 Å². The van der Waals surface area contributed by atoms with Gasteiger partial charge in [-0.2, -0.15) is 0 Å². The van der Waals surface area contributed by atoms with Gasteiger partial charge in [0, 0.05) is 35.1 Å². The van der Waals surface area contributed by atoms with E-state index in [9.17, 15) is 4.79 Å². The fourth-order valence-corrected chi connectivity index (χ4v) is 3.38. The molecule has 0 unspecified atom stereocenters. The van der Waals surface area contributed by atoms with Gasteiger partial charge in [-0.05, 0) is 39.1 Å². The zero-order chi connectivity index (χ0) is 17.6. The van der Waals surface area contributed by atoms with E-state index in [1.807, 2.05) is 20.8 Å². The minimum atomic E-state index is -0.469. The number of alkyl carbamates (subject to hydrolysis) is 1. The molecule has 1 N–H and O–H groups in total. The van der Waals surface area contributed by atoms with Crippen molar-refractivity contribution in [3.05, 3.63) is 26.5 Å². The molecule has 1 aliphatic heterocycles. The number of nitrogens with one attached hydrogen (secondary N) is 1. The Bertz CT molecular complexity index is 597. The molecule has 0 aromatic carbocycles. The first-order valence-electron chi connectivity index (χ1n) is 8.02. The molecular formula is C15H24N6O2S. The Kier molecular flexibility index (Phi) is 6.42. The summed E-state index contributed by atoms with van der Waals surface area (Å²) in [5, 5.41) is 7.51. The first kappa shape index (κ1) is 18.5. The van der Waals surface area contributed by atoms with Crippen molar-refractivity contribution >= 4 is 17.4 Å². The summed E-state index contributed by atoms with van der Waals surface area (Å²) >= 11 is 1.58. The van der Waals surface area contributed by atoms with Crippen LogP contribution in [0.3, 0.4) is 0 Å². The SMILES string of the molecule is CC(C)(C)OC(=O)NC1CCN(Cc2ncc(CN=[N+]=[N-])s2)CC1. The maximum atomic E-state index is 11.8. The average molecular weight is 352 g/mol. The van der Waals surface area contributed by atoms with Gasteiger partial charge in [0.25, 0.3) is 0 Å². The Labute approximate surface area is 145 Å². The number of rotatable bonds is 5. The highest BCUT2D eigenvalue weighted by atomic mass is 32.1. The molecule has 2 rings (SSSR count). The van der Waals surface area contributed by atoms with Crippen molar-refractivity contribution in [3.8, 4) is 0 Å². The molecule has 24 heavy (non-hydrogen) atoms. The topological polar surface area (TPSA) is 103 Å². The molecule has 0 saturated carbocycles. The number of carbonyl (C=O) groups excluding carboxylic acids is 1. The number of thiazole rings is 1. The van der Waals surface area contributed by atoms with Gasteiger partial charge >= 0.3 is 6.09 Å². The van der Waals surface area contributed by atoms with E-state index < -0.39 is 5.60 Å². The molecule has 1 aromatic heterocycles. The lowest BCUT2D eigenvalue weighted by molar-refractivity contribution is 0.0477. The van der Waals surface area contributed by atoms with Gasteiger partial charge in [-0.1, -0.05) is 5.11 Å². The molecule has 1 fully saturated rings. The molecule has 1 saturated heterocycles. The lowest BCUT2D eigenvalue weighted by Crippen LogP contribution is -2.45. The average Bonchev–Trinajstić information content (AvgIpc) is 2.92. The number of carbonyl (C=O) groups is 1. The summed E-state index contributed by atoms with van der Waals surface area (Å²) in [4.78, 5) is 22.2. The standard InChI is InChI=1S/C15H24N6O2S/c1-15(2,3)23-14(22)19-11-4-6-21(7-5-11)10-13-17-8-12(24-13)9-18-20-16/h8,11H,4-7,9-10H2,1-3H3,(H,19,22). The Hall–Kier alpha value is -1.83. The highest BCUT2D eigenvalue weighted by molar-refractivity contribution is 7.11. The predicted molar refractivity (Wildman–Crippen MR) is 92.6 cm³/mol. The summed E-state index contributed by atoms with van der Waals surface area (Å²) in [5.41, 5.74) is 7.87. The maximum absolute atomic E-state index is 11.8. The highest BCUT2D eigenvalue weighted by Crippen LogP contribution is 2.19. The van der Waals surface area contributed by atoms with Crippen molar-refractivity contribution in [3.63, 3.8) is 0 Å². The van der Waals surface area contributed by atoms with Gasteiger partial charge in [-0.25, -0.2) is 9.78 Å². The summed E-state index contributed by atoms with van der Waals surface area (Å²) in [6, 6.07) is 0.160. The predicted octanol–water partition coefficient (Wildman–Crippen LogP) is 3.44. The number of hydrogen-bond acceptors (Lipinski definition) is 6. The monoisotopic (exact) mass is 352 g/mol. The third-order valence-electron chi connectivity index (χ3n) is 3.56. The number of hydrogen-bond donors (Lipinski definition) is 1. The van der Waals surface area contributed by atoms with E-state index in [2.05, 4.69) is 25.2 Å². The van der Waals surface area contributed by atoms with Crippen molar-refractivity contribution < 1.29 is 9.53 Å². The van der Waals surface area contributed by atoms with E-state index in [0.29, 0.717) is 6.54 Å². The summed E-state index contributed by atoms with van der Waals surface area (Å²) in [5.74, 6) is 0. The molecule has 0 aliphatic carbocycles. The normalized spacial score (nSPS) is 16.5. The van der Waals surface area contributed by atoms with Gasteiger partial charge in [0.15, 0.2) is 0 Å². The van der Waals surface area contributed by atoms with Crippen molar-refractivity contribution in [2.24, 2.45) is 5.11 Å². The van der Waals surface area contributed by atoms with E-state index >= 15 is 0 Å². The Morgan fingerprint density at radius 2 is 2.25 bits per heavy atom. The lowest BCUT2D eigenvalue weighted by atomic mass is 10.1. The van der Waals surface area contributed by atoms with Crippen molar-refractivity contribution in [2.75, 3.05) is 13.1 Å². The Morgan fingerprint density at radius 1 is 1.54 bits per heavy atom. The van der Waals surface area contributed by atoms with Crippen LogP contribution in [0, 0.1) is 0 Å². The molecule has 1 amide bonds. The zero-order valence-corrected chi connectivity index (χ0v) is 15.2. The van der Waals surface area contributed by atoms with E-state index in [4.69, 9.17) is 10.3 Å². The van der Waals surface area contributed by atoms with Gasteiger partial charge in [0.05, 0.1) is 13.1 Å². The fourth-order valence-electron chi connectivity index (χ4n) is 2.50. The Morgan fingerprint density at radius 3 is 2.88 bits per heavy atom. The molecule has 0 atom stereocenters. The molecule has 132 valence electrons.